The van der Waals surface area contributed by atoms with Crippen LogP contribution in [0.1, 0.15) is 59.3 Å². The molecule has 4 N–H and O–H groups in total. The minimum Gasteiger partial charge on any atom is -0.460 e. The Labute approximate surface area is 117 Å². The van der Waals surface area contributed by atoms with Crippen molar-refractivity contribution in [3.63, 3.8) is 0 Å². The number of hydrogen-bond acceptors (Lipinski definition) is 5. The predicted octanol–water partition coefficient (Wildman–Crippen LogP) is 1.60. The second kappa shape index (κ2) is 13.8. The molecule has 0 amide bonds. The molecule has 0 saturated carbocycles. The molecule has 0 aromatic carbocycles. The van der Waals surface area contributed by atoms with E-state index in [0.717, 1.165) is 32.1 Å². The molecule has 0 radical (unpaired) electrons. The van der Waals surface area contributed by atoms with E-state index in [1.807, 2.05) is 20.8 Å². The van der Waals surface area contributed by atoms with Crippen molar-refractivity contribution in [1.82, 2.24) is 0 Å². The van der Waals surface area contributed by atoms with Gasteiger partial charge >= 0.3 is 5.97 Å². The number of carbonyl (C=O) groups excluding carboxylic acids is 1. The first-order valence-corrected chi connectivity index (χ1v) is 7.01. The average molecular weight is 277 g/mol. The fourth-order valence-corrected chi connectivity index (χ4v) is 1.21. The molecule has 0 aliphatic carbocycles. The van der Waals surface area contributed by atoms with Gasteiger partial charge in [0.25, 0.3) is 0 Å². The molecule has 0 aliphatic rings. The van der Waals surface area contributed by atoms with Gasteiger partial charge in [-0.3, -0.25) is 4.79 Å². The lowest BCUT2D eigenvalue weighted by molar-refractivity contribution is -0.154. The van der Waals surface area contributed by atoms with E-state index < -0.39 is 0 Å². The van der Waals surface area contributed by atoms with Gasteiger partial charge in [-0.1, -0.05) is 6.42 Å². The average Bonchev–Trinajstić information content (AvgIpc) is 2.31. The molecule has 5 nitrogen and oxygen atoms in total. The van der Waals surface area contributed by atoms with Crippen molar-refractivity contribution in [2.24, 2.45) is 5.73 Å². The normalized spacial score (nSPS) is 10.6. The van der Waals surface area contributed by atoms with E-state index in [4.69, 9.17) is 20.7 Å². The van der Waals surface area contributed by atoms with Crippen molar-refractivity contribution in [3.8, 4) is 0 Å². The molecular weight excluding hydrogens is 246 g/mol. The van der Waals surface area contributed by atoms with Crippen LogP contribution in [0.3, 0.4) is 0 Å². The number of nitrogens with two attached hydrogens (primary N) is 1. The molecule has 0 rings (SSSR count). The van der Waals surface area contributed by atoms with Crippen LogP contribution in [0, 0.1) is 0 Å². The van der Waals surface area contributed by atoms with Crippen LogP contribution >= 0.6 is 0 Å². The Kier molecular flexibility index (Phi) is 15.0. The number of rotatable bonds is 8. The monoisotopic (exact) mass is 277 g/mol. The Morgan fingerprint density at radius 3 is 1.89 bits per heavy atom. The molecule has 0 spiro atoms. The Bertz CT molecular complexity index is 198. The predicted molar refractivity (Wildman–Crippen MR) is 76.8 cm³/mol. The van der Waals surface area contributed by atoms with Gasteiger partial charge in [-0.15, -0.1) is 0 Å². The maximum Gasteiger partial charge on any atom is 0.306 e. The van der Waals surface area contributed by atoms with Crippen molar-refractivity contribution in [2.45, 2.75) is 64.9 Å². The molecule has 0 aromatic heterocycles. The number of hydrogen-bond donors (Lipinski definition) is 3. The highest BCUT2D eigenvalue weighted by atomic mass is 16.6. The number of esters is 1. The van der Waals surface area contributed by atoms with Crippen LogP contribution in [0.25, 0.3) is 0 Å². The molecule has 0 fully saturated rings. The van der Waals surface area contributed by atoms with Crippen LogP contribution < -0.4 is 5.73 Å². The summed E-state index contributed by atoms with van der Waals surface area (Å²) in [6, 6.07) is 0. The van der Waals surface area contributed by atoms with Crippen molar-refractivity contribution in [3.05, 3.63) is 0 Å². The standard InChI is InChI=1S/C10H20O3.C4H11NO/c1-10(2,3)13-9(12)7-5-4-6-8-11;5-3-1-2-4-6/h11H,4-8H2,1-3H3;6H,1-5H2. The zero-order valence-corrected chi connectivity index (χ0v) is 12.7. The zero-order chi connectivity index (χ0) is 15.1. The highest BCUT2D eigenvalue weighted by Crippen LogP contribution is 2.10. The summed E-state index contributed by atoms with van der Waals surface area (Å²) in [5.74, 6) is -0.148. The van der Waals surface area contributed by atoms with E-state index in [1.54, 1.807) is 0 Å². The van der Waals surface area contributed by atoms with Crippen molar-refractivity contribution >= 4 is 5.97 Å². The van der Waals surface area contributed by atoms with Crippen molar-refractivity contribution < 1.29 is 19.7 Å². The second-order valence-corrected chi connectivity index (χ2v) is 5.34. The summed E-state index contributed by atoms with van der Waals surface area (Å²) in [5, 5.41) is 16.6. The quantitative estimate of drug-likeness (QED) is 0.463. The van der Waals surface area contributed by atoms with Gasteiger partial charge in [-0.2, -0.15) is 0 Å². The Morgan fingerprint density at radius 1 is 1.00 bits per heavy atom. The third-order valence-corrected chi connectivity index (χ3v) is 2.07. The summed E-state index contributed by atoms with van der Waals surface area (Å²) in [5.41, 5.74) is 4.72. The van der Waals surface area contributed by atoms with Gasteiger partial charge in [0.1, 0.15) is 5.60 Å². The van der Waals surface area contributed by atoms with E-state index in [-0.39, 0.29) is 24.8 Å². The number of unbranched alkanes of at least 4 members (excludes halogenated alkanes) is 3. The van der Waals surface area contributed by atoms with Crippen LogP contribution in [0.2, 0.25) is 0 Å². The minimum atomic E-state index is -0.381. The summed E-state index contributed by atoms with van der Waals surface area (Å²) in [7, 11) is 0. The largest absolute Gasteiger partial charge is 0.460 e. The highest BCUT2D eigenvalue weighted by molar-refractivity contribution is 5.69. The lowest BCUT2D eigenvalue weighted by Crippen LogP contribution is -2.23. The molecule has 116 valence electrons. The lowest BCUT2D eigenvalue weighted by atomic mass is 10.1. The lowest BCUT2D eigenvalue weighted by Gasteiger charge is -2.19. The van der Waals surface area contributed by atoms with E-state index in [2.05, 4.69) is 0 Å². The molecule has 0 atom stereocenters. The molecule has 0 aromatic rings. The van der Waals surface area contributed by atoms with Crippen LogP contribution in [-0.4, -0.2) is 41.5 Å². The summed E-state index contributed by atoms with van der Waals surface area (Å²) >= 11 is 0. The molecule has 0 aliphatic heterocycles. The second-order valence-electron chi connectivity index (χ2n) is 5.34. The third-order valence-electron chi connectivity index (χ3n) is 2.07. The maximum absolute atomic E-state index is 11.1. The highest BCUT2D eigenvalue weighted by Gasteiger charge is 2.15. The smallest absolute Gasteiger partial charge is 0.306 e. The summed E-state index contributed by atoms with van der Waals surface area (Å²) < 4.78 is 5.12. The first kappa shape index (κ1) is 20.7. The summed E-state index contributed by atoms with van der Waals surface area (Å²) in [4.78, 5) is 11.1. The molecule has 0 unspecified atom stereocenters. The van der Waals surface area contributed by atoms with E-state index >= 15 is 0 Å². The van der Waals surface area contributed by atoms with Crippen molar-refractivity contribution in [2.75, 3.05) is 19.8 Å². The number of aliphatic hydroxyl groups is 2. The van der Waals surface area contributed by atoms with Crippen LogP contribution in [0.5, 0.6) is 0 Å². The fraction of sp³-hybridized carbons (Fsp3) is 0.929. The van der Waals surface area contributed by atoms with Crippen LogP contribution in [-0.2, 0) is 9.53 Å². The number of carbonyl (C=O) groups is 1. The number of ether oxygens (including phenoxy) is 1. The fourth-order valence-electron chi connectivity index (χ4n) is 1.21. The molecule has 0 heterocycles. The van der Waals surface area contributed by atoms with Crippen LogP contribution in [0.4, 0.5) is 0 Å². The van der Waals surface area contributed by atoms with Gasteiger partial charge in [0, 0.05) is 19.6 Å². The molecule has 5 heteroatoms. The summed E-state index contributed by atoms with van der Waals surface area (Å²) in [6.45, 7) is 6.75. The van der Waals surface area contributed by atoms with Gasteiger partial charge < -0.3 is 20.7 Å². The SMILES string of the molecule is CC(C)(C)OC(=O)CCCCCO.NCCCCO. The molecule has 19 heavy (non-hydrogen) atoms. The zero-order valence-electron chi connectivity index (χ0n) is 12.7. The molecule has 0 bridgehead atoms. The van der Waals surface area contributed by atoms with Crippen molar-refractivity contribution in [1.29, 1.82) is 0 Å². The van der Waals surface area contributed by atoms with Gasteiger partial charge in [0.05, 0.1) is 0 Å². The van der Waals surface area contributed by atoms with E-state index in [1.165, 1.54) is 0 Å². The Balaban J connectivity index is 0. The van der Waals surface area contributed by atoms with E-state index in [9.17, 15) is 4.79 Å². The Hall–Kier alpha value is -0.650. The minimum absolute atomic E-state index is 0.148. The van der Waals surface area contributed by atoms with Crippen LogP contribution in [0.15, 0.2) is 0 Å². The third kappa shape index (κ3) is 22.9. The first-order valence-electron chi connectivity index (χ1n) is 7.01. The van der Waals surface area contributed by atoms with E-state index in [0.29, 0.717) is 13.0 Å². The van der Waals surface area contributed by atoms with Gasteiger partial charge in [0.15, 0.2) is 0 Å². The maximum atomic E-state index is 11.1. The molecular formula is C14H31NO4. The summed E-state index contributed by atoms with van der Waals surface area (Å²) in [6.07, 6.45) is 4.69. The molecule has 0 saturated heterocycles. The topological polar surface area (TPSA) is 92.8 Å². The number of aliphatic hydroxyl groups excluding tert-OH is 2. The van der Waals surface area contributed by atoms with Gasteiger partial charge in [0.2, 0.25) is 0 Å². The first-order chi connectivity index (χ1) is 8.87. The van der Waals surface area contributed by atoms with Gasteiger partial charge in [-0.05, 0) is 53.0 Å². The van der Waals surface area contributed by atoms with Gasteiger partial charge in [-0.25, -0.2) is 0 Å². The Morgan fingerprint density at radius 2 is 1.53 bits per heavy atom.